The van der Waals surface area contributed by atoms with E-state index in [1.807, 2.05) is 70.3 Å². The number of likely N-dealkylation sites (N-methyl/N-ethyl adjacent to an activating group) is 1. The Hall–Kier alpha value is -3.57. The van der Waals surface area contributed by atoms with Crippen LogP contribution in [0, 0.1) is 17.8 Å². The molecule has 2 heterocycles. The quantitative estimate of drug-likeness (QED) is 0.212. The zero-order chi connectivity index (χ0) is 33.6. The van der Waals surface area contributed by atoms with Gasteiger partial charge >= 0.3 is 12.2 Å². The van der Waals surface area contributed by atoms with Gasteiger partial charge in [-0.05, 0) is 68.3 Å². The molecule has 254 valence electrons. The van der Waals surface area contributed by atoms with Gasteiger partial charge in [0.25, 0.3) is 0 Å². The van der Waals surface area contributed by atoms with Crippen molar-refractivity contribution in [3.05, 3.63) is 53.1 Å². The number of hydrogen-bond donors (Lipinski definition) is 1. The molecule has 0 radical (unpaired) electrons. The van der Waals surface area contributed by atoms with E-state index in [1.54, 1.807) is 4.90 Å². The van der Waals surface area contributed by atoms with Crippen LogP contribution in [0.5, 0.6) is 0 Å². The van der Waals surface area contributed by atoms with Gasteiger partial charge in [-0.25, -0.2) is 14.0 Å². The van der Waals surface area contributed by atoms with Crippen LogP contribution in [0.3, 0.4) is 0 Å². The van der Waals surface area contributed by atoms with Crippen molar-refractivity contribution in [3.8, 4) is 0 Å². The number of alkyl halides is 1. The molecule has 46 heavy (non-hydrogen) atoms. The molecule has 1 aromatic rings. The third-order valence-corrected chi connectivity index (χ3v) is 8.82. The number of piperazine rings is 1. The Morgan fingerprint density at radius 3 is 2.43 bits per heavy atom. The van der Waals surface area contributed by atoms with Crippen LogP contribution in [0.1, 0.15) is 57.6 Å². The summed E-state index contributed by atoms with van der Waals surface area (Å²) in [5.41, 5.74) is 2.46. The summed E-state index contributed by atoms with van der Waals surface area (Å²) in [5.74, 6) is -0.788. The molecule has 2 fully saturated rings. The molecular weight excluding hydrogens is 593 g/mol. The molecule has 0 unspecified atom stereocenters. The van der Waals surface area contributed by atoms with Crippen LogP contribution in [0.25, 0.3) is 6.08 Å². The average Bonchev–Trinajstić information content (AvgIpc) is 3.47. The first kappa shape index (κ1) is 36.9. The van der Waals surface area contributed by atoms with Crippen molar-refractivity contribution in [1.29, 1.82) is 0 Å². The van der Waals surface area contributed by atoms with Crippen molar-refractivity contribution in [1.82, 2.24) is 14.7 Å². The number of aliphatic hydroxyl groups excluding tert-OH is 1. The Balaban J connectivity index is 1.67. The predicted molar refractivity (Wildman–Crippen MR) is 174 cm³/mol. The van der Waals surface area contributed by atoms with Gasteiger partial charge in [0.1, 0.15) is 31.5 Å². The van der Waals surface area contributed by atoms with E-state index in [4.69, 9.17) is 9.47 Å². The molecule has 0 aliphatic carbocycles. The molecule has 11 heteroatoms. The second-order valence-corrected chi connectivity index (χ2v) is 12.7. The Bertz CT molecular complexity index is 1220. The van der Waals surface area contributed by atoms with Gasteiger partial charge in [0.05, 0.1) is 12.6 Å². The number of allylic oxidation sites excluding steroid dienone is 2. The van der Waals surface area contributed by atoms with Gasteiger partial charge in [0.2, 0.25) is 0 Å². The number of benzene rings is 1. The lowest BCUT2D eigenvalue weighted by Crippen LogP contribution is -2.48. The summed E-state index contributed by atoms with van der Waals surface area (Å²) in [6, 6.07) is 7.48. The standard InChI is InChI=1S/C35H50FN3O7/c1-25(9-11-33(26(2)8-10-31(42)13-19-40)46-35(44)38-17-15-37(4)16-18-38)32(23-41)27(3)20-28-6-5-7-29(21-28)24-45-34(43)39-14-12-30(36)22-39/h5-7,9,11,19-21,23,25-26,30-33,42H,8,10,12-18,22,24H2,1-4H3/b11-9+,27-20+/t25-,26-,30+,31+,32-,33-/m0/s1. The third-order valence-electron chi connectivity index (χ3n) is 8.82. The van der Waals surface area contributed by atoms with E-state index in [1.165, 1.54) is 4.90 Å². The molecule has 0 bridgehead atoms. The van der Waals surface area contributed by atoms with Crippen LogP contribution in [0.2, 0.25) is 0 Å². The second kappa shape index (κ2) is 18.5. The number of nitrogens with zero attached hydrogens (tertiary/aromatic N) is 3. The minimum Gasteiger partial charge on any atom is -0.445 e. The Morgan fingerprint density at radius 2 is 1.78 bits per heavy atom. The summed E-state index contributed by atoms with van der Waals surface area (Å²) in [6.45, 7) is 8.91. The lowest BCUT2D eigenvalue weighted by molar-refractivity contribution is -0.111. The number of ether oxygens (including phenoxy) is 2. The zero-order valence-corrected chi connectivity index (χ0v) is 27.6. The maximum Gasteiger partial charge on any atom is 0.410 e. The fourth-order valence-corrected chi connectivity index (χ4v) is 5.68. The van der Waals surface area contributed by atoms with Crippen LogP contribution in [-0.2, 0) is 25.7 Å². The summed E-state index contributed by atoms with van der Waals surface area (Å²) < 4.78 is 24.8. The SMILES string of the molecule is C/C(=C\c1cccc(COC(=O)N2CC[C@@H](F)C2)c1)[C@@H](C=O)[C@@H](C)/C=C/[C@H](OC(=O)N1CCN(C)CC1)[C@@H](C)CC[C@@H](O)CC=O. The summed E-state index contributed by atoms with van der Waals surface area (Å²) in [4.78, 5) is 53.6. The summed E-state index contributed by atoms with van der Waals surface area (Å²) in [7, 11) is 2.01. The minimum atomic E-state index is -1.01. The molecule has 10 nitrogen and oxygen atoms in total. The topological polar surface area (TPSA) is 117 Å². The Morgan fingerprint density at radius 1 is 1.04 bits per heavy atom. The predicted octanol–water partition coefficient (Wildman–Crippen LogP) is 4.90. The summed E-state index contributed by atoms with van der Waals surface area (Å²) >= 11 is 0. The van der Waals surface area contributed by atoms with E-state index in [-0.39, 0.29) is 31.4 Å². The Kier molecular flexibility index (Phi) is 14.9. The van der Waals surface area contributed by atoms with Crippen molar-refractivity contribution < 1.29 is 38.1 Å². The van der Waals surface area contributed by atoms with Crippen molar-refractivity contribution >= 4 is 30.8 Å². The van der Waals surface area contributed by atoms with E-state index in [9.17, 15) is 28.7 Å². The lowest BCUT2D eigenvalue weighted by Gasteiger charge is -2.33. The fourth-order valence-electron chi connectivity index (χ4n) is 5.68. The molecule has 0 saturated carbocycles. The van der Waals surface area contributed by atoms with Gasteiger partial charge < -0.3 is 38.9 Å². The number of likely N-dealkylation sites (tertiary alicyclic amines) is 1. The van der Waals surface area contributed by atoms with E-state index >= 15 is 0 Å². The molecule has 0 spiro atoms. The highest BCUT2D eigenvalue weighted by atomic mass is 19.1. The van der Waals surface area contributed by atoms with E-state index in [2.05, 4.69) is 4.90 Å². The number of aldehydes is 2. The molecule has 6 atom stereocenters. The normalized spacial score (nSPS) is 21.0. The van der Waals surface area contributed by atoms with Crippen LogP contribution < -0.4 is 0 Å². The number of aliphatic hydroxyl groups is 1. The average molecular weight is 644 g/mol. The molecule has 1 aromatic carbocycles. The minimum absolute atomic E-state index is 0.0574. The summed E-state index contributed by atoms with van der Waals surface area (Å²) in [5, 5.41) is 10.1. The highest BCUT2D eigenvalue weighted by Crippen LogP contribution is 2.25. The van der Waals surface area contributed by atoms with Gasteiger partial charge in [-0.2, -0.15) is 0 Å². The molecule has 3 rings (SSSR count). The molecule has 1 N–H and O–H groups in total. The van der Waals surface area contributed by atoms with Gasteiger partial charge in [-0.3, -0.25) is 0 Å². The van der Waals surface area contributed by atoms with Crippen LogP contribution in [0.4, 0.5) is 14.0 Å². The molecule has 0 aromatic heterocycles. The monoisotopic (exact) mass is 643 g/mol. The van der Waals surface area contributed by atoms with Crippen molar-refractivity contribution in [2.45, 2.75) is 71.4 Å². The van der Waals surface area contributed by atoms with Gasteiger partial charge in [0, 0.05) is 45.1 Å². The Labute approximate surface area is 272 Å². The third kappa shape index (κ3) is 11.7. The highest BCUT2D eigenvalue weighted by molar-refractivity contribution is 5.69. The van der Waals surface area contributed by atoms with E-state index in [0.717, 1.165) is 36.1 Å². The first-order chi connectivity index (χ1) is 22.0. The maximum absolute atomic E-state index is 13.4. The van der Waals surface area contributed by atoms with Crippen LogP contribution in [-0.4, -0.2) is 109 Å². The van der Waals surface area contributed by atoms with Gasteiger partial charge in [-0.15, -0.1) is 0 Å². The number of hydrogen-bond acceptors (Lipinski definition) is 8. The van der Waals surface area contributed by atoms with Crippen molar-refractivity contribution in [2.24, 2.45) is 17.8 Å². The molecule has 2 aliphatic heterocycles. The smallest absolute Gasteiger partial charge is 0.410 e. The number of amides is 2. The number of carbonyl (C=O) groups is 4. The van der Waals surface area contributed by atoms with Crippen LogP contribution in [0.15, 0.2) is 42.0 Å². The number of rotatable bonds is 15. The van der Waals surface area contributed by atoms with E-state index in [0.29, 0.717) is 45.2 Å². The first-order valence-electron chi connectivity index (χ1n) is 16.2. The lowest BCUT2D eigenvalue weighted by atomic mass is 9.86. The summed E-state index contributed by atoms with van der Waals surface area (Å²) in [6.07, 6.45) is 5.34. The largest absolute Gasteiger partial charge is 0.445 e. The molecule has 2 amide bonds. The molecule has 2 aliphatic rings. The fraction of sp³-hybridized carbons (Fsp3) is 0.600. The van der Waals surface area contributed by atoms with Crippen molar-refractivity contribution in [2.75, 3.05) is 46.3 Å². The number of carbonyl (C=O) groups excluding carboxylic acids is 4. The van der Waals surface area contributed by atoms with E-state index < -0.39 is 36.5 Å². The maximum atomic E-state index is 13.4. The van der Waals surface area contributed by atoms with Gasteiger partial charge in [-0.1, -0.05) is 49.8 Å². The van der Waals surface area contributed by atoms with Gasteiger partial charge in [0.15, 0.2) is 0 Å². The number of halogens is 1. The highest BCUT2D eigenvalue weighted by Gasteiger charge is 2.28. The second-order valence-electron chi connectivity index (χ2n) is 12.7. The molecule has 2 saturated heterocycles. The van der Waals surface area contributed by atoms with Crippen molar-refractivity contribution in [3.63, 3.8) is 0 Å². The van der Waals surface area contributed by atoms with Crippen LogP contribution >= 0.6 is 0 Å². The first-order valence-corrected chi connectivity index (χ1v) is 16.2. The molecular formula is C35H50FN3O7. The zero-order valence-electron chi connectivity index (χ0n) is 27.6.